The van der Waals surface area contributed by atoms with E-state index in [1.165, 1.54) is 12.3 Å². The van der Waals surface area contributed by atoms with E-state index >= 15 is 0 Å². The summed E-state index contributed by atoms with van der Waals surface area (Å²) in [6.07, 6.45) is 23.2. The van der Waals surface area contributed by atoms with Crippen LogP contribution in [0.15, 0.2) is 24.3 Å². The summed E-state index contributed by atoms with van der Waals surface area (Å²) in [6.45, 7) is 30.7. The second-order valence-electron chi connectivity index (χ2n) is 17.2. The Labute approximate surface area is 229 Å². The van der Waals surface area contributed by atoms with Crippen LogP contribution in [-0.2, 0) is 0 Å². The monoisotopic (exact) mass is 549 g/mol. The third-order valence-corrected chi connectivity index (χ3v) is 24.6. The minimum absolute atomic E-state index is 0.107. The van der Waals surface area contributed by atoms with Gasteiger partial charge in [-0.1, -0.05) is 117 Å². The maximum atomic E-state index is 2.89. The summed E-state index contributed by atoms with van der Waals surface area (Å²) in [5.41, 5.74) is 0. The Balaban J connectivity index is 1.85. The van der Waals surface area contributed by atoms with Crippen LogP contribution in [0.4, 0.5) is 0 Å². The zero-order chi connectivity index (χ0) is 26.9. The van der Waals surface area contributed by atoms with Gasteiger partial charge in [0.15, 0.2) is 0 Å². The summed E-state index contributed by atoms with van der Waals surface area (Å²) >= 11 is 0. The largest absolute Gasteiger partial charge is 0.108 e. The molecule has 36 heavy (non-hydrogen) atoms. The molecule has 0 amide bonds. The molecule has 3 heteroatoms. The molecule has 3 saturated heterocycles. The van der Waals surface area contributed by atoms with Crippen LogP contribution >= 0.6 is 23.1 Å². The van der Waals surface area contributed by atoms with Gasteiger partial charge in [0.05, 0.1) is 18.5 Å². The standard InChI is InChI=1S/C33H60P3/c1-29(2,3)34(30(4,5)6)20-28-15-13-14-16-33(28,24-35(31(7,8)9)32(10,11)12)36-21-25-17-26(22-36)19-27(18-25)23-36/h13-16,25-28H,17-24H2,1-12H3/q+1. The Kier molecular flexibility index (Phi) is 8.01. The highest BCUT2D eigenvalue weighted by Gasteiger charge is 2.68. The van der Waals surface area contributed by atoms with Crippen LogP contribution in [-0.4, -0.2) is 56.6 Å². The van der Waals surface area contributed by atoms with Gasteiger partial charge in [-0.2, -0.15) is 0 Å². The van der Waals surface area contributed by atoms with Crippen LogP contribution in [0.25, 0.3) is 0 Å². The van der Waals surface area contributed by atoms with Gasteiger partial charge in [-0.25, -0.2) is 0 Å². The highest BCUT2D eigenvalue weighted by Crippen LogP contribution is 2.84. The van der Waals surface area contributed by atoms with E-state index in [1.807, 2.05) is 0 Å². The molecule has 3 aliphatic heterocycles. The van der Waals surface area contributed by atoms with Gasteiger partial charge in [0.2, 0.25) is 0 Å². The minimum Gasteiger partial charge on any atom is -0.0949 e. The zero-order valence-electron chi connectivity index (χ0n) is 26.1. The molecule has 0 aromatic heterocycles. The van der Waals surface area contributed by atoms with Gasteiger partial charge in [0.1, 0.15) is 5.16 Å². The predicted octanol–water partition coefficient (Wildman–Crippen LogP) is 10.7. The molecule has 1 saturated carbocycles. The first-order valence-electron chi connectivity index (χ1n) is 15.0. The number of hydrogen-bond donors (Lipinski definition) is 0. The van der Waals surface area contributed by atoms with Crippen LogP contribution in [0.1, 0.15) is 102 Å². The fourth-order valence-corrected chi connectivity index (χ4v) is 25.7. The average Bonchev–Trinajstić information content (AvgIpc) is 2.66. The topological polar surface area (TPSA) is 0 Å². The molecule has 0 aromatic rings. The Hall–Kier alpha value is 0.770. The first kappa shape index (κ1) is 29.7. The van der Waals surface area contributed by atoms with Crippen molar-refractivity contribution in [2.75, 3.05) is 30.8 Å². The van der Waals surface area contributed by atoms with Gasteiger partial charge >= 0.3 is 0 Å². The van der Waals surface area contributed by atoms with Gasteiger partial charge < -0.3 is 0 Å². The van der Waals surface area contributed by atoms with Gasteiger partial charge in [-0.15, -0.1) is 0 Å². The van der Waals surface area contributed by atoms with Crippen LogP contribution < -0.4 is 0 Å². The van der Waals surface area contributed by atoms with Crippen LogP contribution in [0.3, 0.4) is 0 Å². The van der Waals surface area contributed by atoms with E-state index in [4.69, 9.17) is 0 Å². The number of hydrogen-bond acceptors (Lipinski definition) is 0. The lowest BCUT2D eigenvalue weighted by molar-refractivity contribution is 0.204. The van der Waals surface area contributed by atoms with Crippen molar-refractivity contribution in [1.82, 2.24) is 0 Å². The lowest BCUT2D eigenvalue weighted by Gasteiger charge is -2.62. The number of allylic oxidation sites excluding steroid dienone is 4. The molecule has 0 radical (unpaired) electrons. The van der Waals surface area contributed by atoms with E-state index < -0.39 is 7.26 Å². The molecule has 3 heterocycles. The molecule has 5 aliphatic rings. The molecule has 0 spiro atoms. The van der Waals surface area contributed by atoms with E-state index in [0.29, 0.717) is 25.8 Å². The SMILES string of the molecule is CC(C)(C)P(CC1C=CC=CC1(CP(C(C)(C)C)C(C)(C)C)[P+]12CC3CC(CC(C3)C1)C2)C(C)(C)C. The second-order valence-corrected chi connectivity index (χ2v) is 29.2. The van der Waals surface area contributed by atoms with Crippen molar-refractivity contribution in [3.63, 3.8) is 0 Å². The van der Waals surface area contributed by atoms with E-state index in [0.717, 1.165) is 23.7 Å². The van der Waals surface area contributed by atoms with Gasteiger partial charge in [0.25, 0.3) is 0 Å². The summed E-state index contributed by atoms with van der Waals surface area (Å²) in [7, 11) is -1.31. The summed E-state index contributed by atoms with van der Waals surface area (Å²) in [5, 5.41) is 2.03. The fourth-order valence-electron chi connectivity index (χ4n) is 9.61. The van der Waals surface area contributed by atoms with Crippen LogP contribution in [0, 0.1) is 23.7 Å². The minimum atomic E-state index is -1.07. The predicted molar refractivity (Wildman–Crippen MR) is 173 cm³/mol. The summed E-state index contributed by atoms with van der Waals surface area (Å²) in [5.74, 6) is 3.92. The zero-order valence-corrected chi connectivity index (χ0v) is 28.8. The molecule has 2 aliphatic carbocycles. The molecule has 2 atom stereocenters. The molecule has 0 N–H and O–H groups in total. The second kappa shape index (κ2) is 9.70. The first-order chi connectivity index (χ1) is 16.3. The third-order valence-electron chi connectivity index (χ3n) is 10.2. The van der Waals surface area contributed by atoms with Gasteiger partial charge in [-0.3, -0.25) is 0 Å². The fraction of sp³-hybridized carbons (Fsp3) is 0.879. The Morgan fingerprint density at radius 3 is 1.44 bits per heavy atom. The molecule has 4 bridgehead atoms. The molecule has 206 valence electrons. The highest BCUT2D eigenvalue weighted by molar-refractivity contribution is 7.78. The third kappa shape index (κ3) is 5.65. The van der Waals surface area contributed by atoms with Crippen molar-refractivity contribution >= 4 is 23.1 Å². The molecule has 0 nitrogen and oxygen atoms in total. The van der Waals surface area contributed by atoms with Crippen molar-refractivity contribution in [1.29, 1.82) is 0 Å². The summed E-state index contributed by atoms with van der Waals surface area (Å²) in [6, 6.07) is 0. The molecule has 4 fully saturated rings. The first-order valence-corrected chi connectivity index (χ1v) is 20.4. The van der Waals surface area contributed by atoms with E-state index in [-0.39, 0.29) is 15.8 Å². The van der Waals surface area contributed by atoms with Crippen molar-refractivity contribution in [2.24, 2.45) is 23.7 Å². The van der Waals surface area contributed by atoms with E-state index in [1.54, 1.807) is 37.7 Å². The van der Waals surface area contributed by atoms with Gasteiger partial charge in [-0.05, 0) is 69.9 Å². The molecule has 0 aromatic carbocycles. The Morgan fingerprint density at radius 1 is 0.639 bits per heavy atom. The average molecular weight is 550 g/mol. The highest BCUT2D eigenvalue weighted by atomic mass is 31.2. The Morgan fingerprint density at radius 2 is 1.06 bits per heavy atom. The lowest BCUT2D eigenvalue weighted by atomic mass is 9.76. The maximum Gasteiger partial charge on any atom is 0.108 e. The van der Waals surface area contributed by atoms with Crippen molar-refractivity contribution in [3.05, 3.63) is 24.3 Å². The summed E-state index contributed by atoms with van der Waals surface area (Å²) < 4.78 is 0. The summed E-state index contributed by atoms with van der Waals surface area (Å²) in [4.78, 5) is 0. The smallest absolute Gasteiger partial charge is 0.0949 e. The maximum absolute atomic E-state index is 2.89. The lowest BCUT2D eigenvalue weighted by Crippen LogP contribution is -2.56. The quantitative estimate of drug-likeness (QED) is 0.299. The molecular weight excluding hydrogens is 489 g/mol. The molecular formula is C33H60P3+. The van der Waals surface area contributed by atoms with Crippen molar-refractivity contribution < 1.29 is 0 Å². The van der Waals surface area contributed by atoms with Crippen LogP contribution in [0.5, 0.6) is 0 Å². The van der Waals surface area contributed by atoms with Crippen molar-refractivity contribution in [3.8, 4) is 0 Å². The molecule has 2 unspecified atom stereocenters. The molecule has 5 rings (SSSR count). The van der Waals surface area contributed by atoms with E-state index in [2.05, 4.69) is 107 Å². The normalized spacial score (nSPS) is 36.9. The van der Waals surface area contributed by atoms with Gasteiger partial charge in [0, 0.05) is 19.3 Å². The van der Waals surface area contributed by atoms with E-state index in [9.17, 15) is 0 Å². The van der Waals surface area contributed by atoms with Crippen molar-refractivity contribution in [2.45, 2.75) is 128 Å². The van der Waals surface area contributed by atoms with Crippen LogP contribution in [0.2, 0.25) is 0 Å². The Bertz CT molecular complexity index is 790. The number of rotatable bonds is 5.